The molecule has 1 N–H and O–H groups in total. The number of nitrogens with zero attached hydrogens (tertiary/aromatic N) is 3. The summed E-state index contributed by atoms with van der Waals surface area (Å²) in [4.78, 5) is 15.7. The lowest BCUT2D eigenvalue weighted by Crippen LogP contribution is -2.31. The summed E-state index contributed by atoms with van der Waals surface area (Å²) >= 11 is 1.57. The Hall–Kier alpha value is -2.01. The van der Waals surface area contributed by atoms with Gasteiger partial charge in [-0.2, -0.15) is 0 Å². The number of nitrogens with one attached hydrogen (secondary N) is 1. The molecule has 2 aromatic rings. The Labute approximate surface area is 163 Å². The van der Waals surface area contributed by atoms with Crippen LogP contribution in [0.15, 0.2) is 40.6 Å². The summed E-state index contributed by atoms with van der Waals surface area (Å²) in [6.07, 6.45) is 0. The standard InChI is InChI=1S/C17H24N4O4S2/c1-4-20(13-14-6-5-11-26-14)16-8-7-15(12-17(16)21(22)23)27(24,25)18-9-10-19(2)3/h5-8,11-12,18H,4,9-10,13H2,1-3H3. The molecule has 0 radical (unpaired) electrons. The van der Waals surface area contributed by atoms with E-state index in [1.54, 1.807) is 11.3 Å². The van der Waals surface area contributed by atoms with E-state index in [0.29, 0.717) is 25.3 Å². The molecule has 0 saturated carbocycles. The third-order valence-electron chi connectivity index (χ3n) is 3.95. The van der Waals surface area contributed by atoms with E-state index in [0.717, 1.165) is 10.9 Å². The summed E-state index contributed by atoms with van der Waals surface area (Å²) in [6.45, 7) is 3.76. The SMILES string of the molecule is CCN(Cc1cccs1)c1ccc(S(=O)(=O)NCCN(C)C)cc1[N+](=O)[O-]. The van der Waals surface area contributed by atoms with Crippen molar-refractivity contribution in [2.45, 2.75) is 18.4 Å². The summed E-state index contributed by atoms with van der Waals surface area (Å²) in [5, 5.41) is 13.5. The van der Waals surface area contributed by atoms with Crippen molar-refractivity contribution in [3.8, 4) is 0 Å². The van der Waals surface area contributed by atoms with Gasteiger partial charge in [0.2, 0.25) is 10.0 Å². The van der Waals surface area contributed by atoms with Crippen molar-refractivity contribution < 1.29 is 13.3 Å². The van der Waals surface area contributed by atoms with Gasteiger partial charge < -0.3 is 9.80 Å². The second-order valence-electron chi connectivity index (χ2n) is 6.20. The molecule has 8 nitrogen and oxygen atoms in total. The fourth-order valence-corrected chi connectivity index (χ4v) is 4.29. The molecule has 0 atom stereocenters. The first kappa shape index (κ1) is 21.3. The van der Waals surface area contributed by atoms with Gasteiger partial charge in [0.05, 0.1) is 16.4 Å². The third kappa shape index (κ3) is 5.73. The van der Waals surface area contributed by atoms with Crippen LogP contribution in [0.4, 0.5) is 11.4 Å². The van der Waals surface area contributed by atoms with Gasteiger partial charge in [-0.05, 0) is 44.6 Å². The van der Waals surface area contributed by atoms with Crippen LogP contribution < -0.4 is 9.62 Å². The molecular weight excluding hydrogens is 388 g/mol. The number of benzene rings is 1. The van der Waals surface area contributed by atoms with Crippen LogP contribution in [0.25, 0.3) is 0 Å². The van der Waals surface area contributed by atoms with Gasteiger partial charge in [-0.3, -0.25) is 10.1 Å². The van der Waals surface area contributed by atoms with Crippen LogP contribution in [-0.4, -0.2) is 52.0 Å². The largest absolute Gasteiger partial charge is 0.361 e. The van der Waals surface area contributed by atoms with Crippen LogP contribution in [0.5, 0.6) is 0 Å². The molecule has 0 bridgehead atoms. The van der Waals surface area contributed by atoms with Crippen LogP contribution in [0.3, 0.4) is 0 Å². The molecule has 0 fully saturated rings. The van der Waals surface area contributed by atoms with E-state index in [-0.39, 0.29) is 17.1 Å². The van der Waals surface area contributed by atoms with Gasteiger partial charge in [-0.25, -0.2) is 13.1 Å². The Morgan fingerprint density at radius 3 is 2.56 bits per heavy atom. The smallest absolute Gasteiger partial charge is 0.293 e. The molecule has 2 rings (SSSR count). The summed E-state index contributed by atoms with van der Waals surface area (Å²) in [6, 6.07) is 7.95. The molecule has 0 amide bonds. The van der Waals surface area contributed by atoms with Crippen molar-refractivity contribution in [2.75, 3.05) is 38.6 Å². The van der Waals surface area contributed by atoms with Crippen LogP contribution in [0.1, 0.15) is 11.8 Å². The average Bonchev–Trinajstić information content (AvgIpc) is 3.11. The van der Waals surface area contributed by atoms with Gasteiger partial charge in [-0.15, -0.1) is 11.3 Å². The predicted octanol–water partition coefficient (Wildman–Crippen LogP) is 2.52. The van der Waals surface area contributed by atoms with Crippen molar-refractivity contribution in [1.29, 1.82) is 0 Å². The monoisotopic (exact) mass is 412 g/mol. The van der Waals surface area contributed by atoms with E-state index in [1.807, 2.05) is 48.3 Å². The van der Waals surface area contributed by atoms with Crippen LogP contribution in [-0.2, 0) is 16.6 Å². The minimum absolute atomic E-state index is 0.108. The quantitative estimate of drug-likeness (QED) is 0.476. The molecule has 10 heteroatoms. The summed E-state index contributed by atoms with van der Waals surface area (Å²) in [7, 11) is -0.140. The zero-order chi connectivity index (χ0) is 20.0. The van der Waals surface area contributed by atoms with Gasteiger partial charge in [0.1, 0.15) is 5.69 Å². The second-order valence-corrected chi connectivity index (χ2v) is 9.00. The zero-order valence-corrected chi connectivity index (χ0v) is 17.2. The number of hydrogen-bond donors (Lipinski definition) is 1. The number of likely N-dealkylation sites (N-methyl/N-ethyl adjacent to an activating group) is 1. The number of nitro groups is 1. The van der Waals surface area contributed by atoms with Gasteiger partial charge in [-0.1, -0.05) is 6.07 Å². The van der Waals surface area contributed by atoms with E-state index in [2.05, 4.69) is 4.72 Å². The van der Waals surface area contributed by atoms with E-state index in [9.17, 15) is 18.5 Å². The molecule has 27 heavy (non-hydrogen) atoms. The molecule has 0 saturated heterocycles. The lowest BCUT2D eigenvalue weighted by atomic mass is 10.2. The number of rotatable bonds is 10. The maximum Gasteiger partial charge on any atom is 0.293 e. The zero-order valence-electron chi connectivity index (χ0n) is 15.6. The fourth-order valence-electron chi connectivity index (χ4n) is 2.53. The number of thiophene rings is 1. The van der Waals surface area contributed by atoms with Crippen molar-refractivity contribution >= 4 is 32.7 Å². The Morgan fingerprint density at radius 2 is 2.00 bits per heavy atom. The summed E-state index contributed by atoms with van der Waals surface area (Å²) in [5.41, 5.74) is 0.187. The average molecular weight is 413 g/mol. The molecular formula is C17H24N4O4S2. The lowest BCUT2D eigenvalue weighted by molar-refractivity contribution is -0.384. The Kier molecular flexibility index (Phi) is 7.31. The molecule has 0 aliphatic rings. The first-order valence-electron chi connectivity index (χ1n) is 8.44. The first-order chi connectivity index (χ1) is 12.7. The number of sulfonamides is 1. The van der Waals surface area contributed by atoms with E-state index >= 15 is 0 Å². The molecule has 0 spiro atoms. The molecule has 0 unspecified atom stereocenters. The van der Waals surface area contributed by atoms with Crippen molar-refractivity contribution in [3.05, 3.63) is 50.7 Å². The van der Waals surface area contributed by atoms with Crippen LogP contribution in [0.2, 0.25) is 0 Å². The van der Waals surface area contributed by atoms with E-state index in [4.69, 9.17) is 0 Å². The predicted molar refractivity (Wildman–Crippen MR) is 108 cm³/mol. The van der Waals surface area contributed by atoms with E-state index < -0.39 is 14.9 Å². The number of nitro benzene ring substituents is 1. The number of anilines is 1. The summed E-state index contributed by atoms with van der Waals surface area (Å²) in [5.74, 6) is 0. The first-order valence-corrected chi connectivity index (χ1v) is 10.8. The molecule has 148 valence electrons. The van der Waals surface area contributed by atoms with Crippen molar-refractivity contribution in [1.82, 2.24) is 9.62 Å². The highest BCUT2D eigenvalue weighted by atomic mass is 32.2. The minimum atomic E-state index is -3.81. The Bertz CT molecular complexity index is 867. The molecule has 0 aliphatic carbocycles. The minimum Gasteiger partial charge on any atom is -0.361 e. The molecule has 1 heterocycles. The van der Waals surface area contributed by atoms with Crippen molar-refractivity contribution in [2.24, 2.45) is 0 Å². The molecule has 0 aliphatic heterocycles. The highest BCUT2D eigenvalue weighted by Gasteiger charge is 2.24. The van der Waals surface area contributed by atoms with Crippen LogP contribution in [0, 0.1) is 10.1 Å². The summed E-state index contributed by atoms with van der Waals surface area (Å²) < 4.78 is 27.3. The van der Waals surface area contributed by atoms with Crippen molar-refractivity contribution in [3.63, 3.8) is 0 Å². The molecule has 1 aromatic carbocycles. The van der Waals surface area contributed by atoms with Gasteiger partial charge >= 0.3 is 0 Å². The molecule has 1 aromatic heterocycles. The Morgan fingerprint density at radius 1 is 1.26 bits per heavy atom. The highest BCUT2D eigenvalue weighted by Crippen LogP contribution is 2.32. The second kappa shape index (κ2) is 9.27. The third-order valence-corrected chi connectivity index (χ3v) is 6.27. The fraction of sp³-hybridized carbons (Fsp3) is 0.412. The van der Waals surface area contributed by atoms with Gasteiger partial charge in [0, 0.05) is 30.6 Å². The maximum atomic E-state index is 12.4. The topological polar surface area (TPSA) is 95.8 Å². The lowest BCUT2D eigenvalue weighted by Gasteiger charge is -2.22. The highest BCUT2D eigenvalue weighted by molar-refractivity contribution is 7.89. The number of hydrogen-bond acceptors (Lipinski definition) is 7. The van der Waals surface area contributed by atoms with E-state index in [1.165, 1.54) is 12.1 Å². The van der Waals surface area contributed by atoms with Crippen LogP contribution >= 0.6 is 11.3 Å². The van der Waals surface area contributed by atoms with Gasteiger partial charge in [0.25, 0.3) is 5.69 Å². The van der Waals surface area contributed by atoms with Gasteiger partial charge in [0.15, 0.2) is 0 Å². The maximum absolute atomic E-state index is 12.4. The Balaban J connectivity index is 2.31. The normalized spacial score (nSPS) is 11.7.